The van der Waals surface area contributed by atoms with Crippen LogP contribution in [-0.4, -0.2) is 45.2 Å². The van der Waals surface area contributed by atoms with Crippen molar-refractivity contribution in [1.29, 1.82) is 0 Å². The van der Waals surface area contributed by atoms with Crippen LogP contribution < -0.4 is 19.5 Å². The highest BCUT2D eigenvalue weighted by Gasteiger charge is 2.34. The number of rotatable bonds is 6. The predicted molar refractivity (Wildman–Crippen MR) is 105 cm³/mol. The fraction of sp³-hybridized carbons (Fsp3) is 0.300. The van der Waals surface area contributed by atoms with Crippen molar-refractivity contribution in [1.82, 2.24) is 5.01 Å². The minimum atomic E-state index is -0.745. The number of benzene rings is 2. The molecule has 1 heterocycles. The van der Waals surface area contributed by atoms with Crippen molar-refractivity contribution >= 4 is 17.5 Å². The van der Waals surface area contributed by atoms with E-state index in [9.17, 15) is 4.79 Å². The first-order valence-corrected chi connectivity index (χ1v) is 8.65. The van der Waals surface area contributed by atoms with Crippen molar-refractivity contribution in [2.45, 2.75) is 13.2 Å². The summed E-state index contributed by atoms with van der Waals surface area (Å²) in [6.07, 6.45) is -0.745. The summed E-state index contributed by atoms with van der Waals surface area (Å²) in [5, 5.41) is 8.72. The summed E-state index contributed by atoms with van der Waals surface area (Å²) in [5.74, 6) is 1.51. The van der Waals surface area contributed by atoms with Crippen LogP contribution in [0.4, 0.5) is 5.69 Å². The molecule has 0 aliphatic carbocycles. The SMILES string of the molecule is CNc1ccc(C2=NN(C(C)=O)C(c3cc(OC)c(OC)c(OC)c3)O2)cc1. The molecule has 1 aliphatic rings. The maximum Gasteiger partial charge on any atom is 0.243 e. The zero-order valence-electron chi connectivity index (χ0n) is 16.5. The Balaban J connectivity index is 1.99. The molecule has 0 spiro atoms. The molecule has 2 aromatic rings. The second-order valence-corrected chi connectivity index (χ2v) is 6.02. The number of nitrogens with one attached hydrogen (secondary N) is 1. The Hall–Kier alpha value is -3.42. The summed E-state index contributed by atoms with van der Waals surface area (Å²) < 4.78 is 22.2. The van der Waals surface area contributed by atoms with Gasteiger partial charge >= 0.3 is 0 Å². The number of amides is 1. The van der Waals surface area contributed by atoms with Gasteiger partial charge in [0.25, 0.3) is 0 Å². The zero-order chi connectivity index (χ0) is 20.3. The molecule has 0 aromatic heterocycles. The summed E-state index contributed by atoms with van der Waals surface area (Å²) >= 11 is 0. The van der Waals surface area contributed by atoms with Gasteiger partial charge < -0.3 is 24.3 Å². The summed E-state index contributed by atoms with van der Waals surface area (Å²) in [4.78, 5) is 12.2. The average Bonchev–Trinajstić information content (AvgIpc) is 3.18. The van der Waals surface area contributed by atoms with Gasteiger partial charge in [0, 0.05) is 30.8 Å². The Morgan fingerprint density at radius 1 is 1.07 bits per heavy atom. The second kappa shape index (κ2) is 8.08. The molecule has 0 radical (unpaired) electrons. The van der Waals surface area contributed by atoms with Gasteiger partial charge in [-0.05, 0) is 36.4 Å². The molecule has 1 atom stereocenters. The van der Waals surface area contributed by atoms with E-state index in [1.807, 2.05) is 31.3 Å². The summed E-state index contributed by atoms with van der Waals surface area (Å²) in [5.41, 5.74) is 2.38. The van der Waals surface area contributed by atoms with Crippen molar-refractivity contribution in [2.75, 3.05) is 33.7 Å². The average molecular weight is 385 g/mol. The minimum absolute atomic E-state index is 0.249. The number of hydrazone groups is 1. The van der Waals surface area contributed by atoms with Crippen LogP contribution in [0.2, 0.25) is 0 Å². The lowest BCUT2D eigenvalue weighted by atomic mass is 10.1. The third-order valence-electron chi connectivity index (χ3n) is 4.36. The van der Waals surface area contributed by atoms with Crippen molar-refractivity contribution in [3.63, 3.8) is 0 Å². The number of hydrogen-bond acceptors (Lipinski definition) is 7. The smallest absolute Gasteiger partial charge is 0.243 e. The van der Waals surface area contributed by atoms with Crippen LogP contribution in [0.1, 0.15) is 24.3 Å². The zero-order valence-corrected chi connectivity index (χ0v) is 16.5. The Labute approximate surface area is 163 Å². The largest absolute Gasteiger partial charge is 0.493 e. The van der Waals surface area contributed by atoms with E-state index in [1.165, 1.54) is 33.3 Å². The van der Waals surface area contributed by atoms with Gasteiger partial charge in [0.05, 0.1) is 21.3 Å². The van der Waals surface area contributed by atoms with Crippen LogP contribution in [0.25, 0.3) is 0 Å². The van der Waals surface area contributed by atoms with E-state index < -0.39 is 6.23 Å². The van der Waals surface area contributed by atoms with Gasteiger partial charge in [-0.3, -0.25) is 4.79 Å². The molecule has 0 saturated carbocycles. The molecule has 2 aromatic carbocycles. The number of ether oxygens (including phenoxy) is 4. The molecule has 3 rings (SSSR count). The molecule has 1 amide bonds. The van der Waals surface area contributed by atoms with Crippen LogP contribution in [-0.2, 0) is 9.53 Å². The number of nitrogens with zero attached hydrogens (tertiary/aromatic N) is 2. The second-order valence-electron chi connectivity index (χ2n) is 6.02. The van der Waals surface area contributed by atoms with Gasteiger partial charge in [-0.1, -0.05) is 0 Å². The fourth-order valence-electron chi connectivity index (χ4n) is 2.92. The highest BCUT2D eigenvalue weighted by Crippen LogP contribution is 2.42. The monoisotopic (exact) mass is 385 g/mol. The van der Waals surface area contributed by atoms with E-state index in [4.69, 9.17) is 18.9 Å². The topological polar surface area (TPSA) is 81.6 Å². The van der Waals surface area contributed by atoms with Crippen LogP contribution in [0, 0.1) is 0 Å². The van der Waals surface area contributed by atoms with Crippen molar-refractivity contribution < 1.29 is 23.7 Å². The number of anilines is 1. The third-order valence-corrected chi connectivity index (χ3v) is 4.36. The first-order valence-electron chi connectivity index (χ1n) is 8.65. The normalized spacial score (nSPS) is 15.5. The Morgan fingerprint density at radius 3 is 2.14 bits per heavy atom. The van der Waals surface area contributed by atoms with E-state index in [0.29, 0.717) is 28.7 Å². The third kappa shape index (κ3) is 3.53. The van der Waals surface area contributed by atoms with Crippen molar-refractivity contribution in [3.8, 4) is 17.2 Å². The molecule has 8 nitrogen and oxygen atoms in total. The van der Waals surface area contributed by atoms with Gasteiger partial charge in [0.1, 0.15) is 0 Å². The lowest BCUT2D eigenvalue weighted by molar-refractivity contribution is -0.135. The Bertz CT molecular complexity index is 870. The molecule has 0 saturated heterocycles. The lowest BCUT2D eigenvalue weighted by Crippen LogP contribution is -2.25. The fourth-order valence-corrected chi connectivity index (χ4v) is 2.92. The molecule has 28 heavy (non-hydrogen) atoms. The Morgan fingerprint density at radius 2 is 1.68 bits per heavy atom. The maximum atomic E-state index is 12.2. The molecular weight excluding hydrogens is 362 g/mol. The van der Waals surface area contributed by atoms with Crippen LogP contribution in [0.5, 0.6) is 17.2 Å². The number of carbonyl (C=O) groups is 1. The van der Waals surface area contributed by atoms with Crippen LogP contribution in [0.3, 0.4) is 0 Å². The van der Waals surface area contributed by atoms with Gasteiger partial charge in [-0.15, -0.1) is 5.10 Å². The van der Waals surface area contributed by atoms with Gasteiger partial charge in [0.2, 0.25) is 23.8 Å². The van der Waals surface area contributed by atoms with Crippen molar-refractivity contribution in [2.24, 2.45) is 5.10 Å². The molecule has 0 bridgehead atoms. The van der Waals surface area contributed by atoms with Gasteiger partial charge in [-0.25, -0.2) is 0 Å². The first-order chi connectivity index (χ1) is 13.5. The Kier molecular flexibility index (Phi) is 5.58. The highest BCUT2D eigenvalue weighted by molar-refractivity contribution is 5.96. The number of carbonyl (C=O) groups excluding carboxylic acids is 1. The van der Waals surface area contributed by atoms with E-state index in [0.717, 1.165) is 11.3 Å². The molecule has 1 N–H and O–H groups in total. The summed E-state index contributed by atoms with van der Waals surface area (Å²) in [6.45, 7) is 1.44. The van der Waals surface area contributed by atoms with Gasteiger partial charge in [0.15, 0.2) is 11.5 Å². The molecule has 0 fully saturated rings. The highest BCUT2D eigenvalue weighted by atomic mass is 16.5. The van der Waals surface area contributed by atoms with E-state index >= 15 is 0 Å². The quantitative estimate of drug-likeness (QED) is 0.823. The van der Waals surface area contributed by atoms with Crippen LogP contribution >= 0.6 is 0 Å². The molecule has 1 unspecified atom stereocenters. The predicted octanol–water partition coefficient (Wildman–Crippen LogP) is 2.99. The van der Waals surface area contributed by atoms with E-state index in [1.54, 1.807) is 12.1 Å². The molecule has 8 heteroatoms. The summed E-state index contributed by atoms with van der Waals surface area (Å²) in [7, 11) is 6.44. The van der Waals surface area contributed by atoms with Gasteiger partial charge in [-0.2, -0.15) is 5.01 Å². The van der Waals surface area contributed by atoms with Crippen molar-refractivity contribution in [3.05, 3.63) is 47.5 Å². The molecular formula is C20H23N3O5. The summed E-state index contributed by atoms with van der Waals surface area (Å²) in [6, 6.07) is 11.0. The minimum Gasteiger partial charge on any atom is -0.493 e. The van der Waals surface area contributed by atoms with E-state index in [2.05, 4.69) is 10.4 Å². The molecule has 1 aliphatic heterocycles. The number of methoxy groups -OCH3 is 3. The standard InChI is InChI=1S/C20H23N3O5/c1-12(24)23-20(14-10-16(25-3)18(27-5)17(11-14)26-4)28-19(22-23)13-6-8-15(21-2)9-7-13/h6-11,20-21H,1-5H3. The molecule has 148 valence electrons. The lowest BCUT2D eigenvalue weighted by Gasteiger charge is -2.21. The maximum absolute atomic E-state index is 12.2. The number of hydrogen-bond donors (Lipinski definition) is 1. The van der Waals surface area contributed by atoms with Crippen LogP contribution in [0.15, 0.2) is 41.5 Å². The van der Waals surface area contributed by atoms with E-state index in [-0.39, 0.29) is 5.91 Å². The first kappa shape index (κ1) is 19.3.